The van der Waals surface area contributed by atoms with Crippen molar-refractivity contribution in [2.75, 3.05) is 11.5 Å². The number of benzene rings is 1. The van der Waals surface area contributed by atoms with E-state index in [0.29, 0.717) is 0 Å². The van der Waals surface area contributed by atoms with Gasteiger partial charge >= 0.3 is 0 Å². The van der Waals surface area contributed by atoms with Crippen molar-refractivity contribution >= 4 is 16.5 Å². The summed E-state index contributed by atoms with van der Waals surface area (Å²) in [7, 11) is -0.779. The molecule has 2 nitrogen and oxygen atoms in total. The summed E-state index contributed by atoms with van der Waals surface area (Å²) in [5.74, 6) is 0.802. The first-order chi connectivity index (χ1) is 5.77. The van der Waals surface area contributed by atoms with E-state index < -0.39 is 10.8 Å². The molecule has 0 aromatic heterocycles. The van der Waals surface area contributed by atoms with E-state index in [-0.39, 0.29) is 0 Å². The Bertz CT molecular complexity index is 335. The van der Waals surface area contributed by atoms with E-state index in [0.717, 1.165) is 29.2 Å². The van der Waals surface area contributed by atoms with Crippen molar-refractivity contribution < 1.29 is 4.21 Å². The van der Waals surface area contributed by atoms with Gasteiger partial charge in [0.25, 0.3) is 0 Å². The number of nitrogen functional groups attached to an aromatic ring is 1. The van der Waals surface area contributed by atoms with Crippen LogP contribution in [0.3, 0.4) is 0 Å². The maximum atomic E-state index is 11.5. The van der Waals surface area contributed by atoms with Gasteiger partial charge in [-0.3, -0.25) is 4.21 Å². The Kier molecular flexibility index (Phi) is 1.89. The normalized spacial score (nSPS) is 21.8. The van der Waals surface area contributed by atoms with Gasteiger partial charge in [-0.25, -0.2) is 0 Å². The van der Waals surface area contributed by atoms with E-state index in [4.69, 9.17) is 5.73 Å². The summed E-state index contributed by atoms with van der Waals surface area (Å²) in [6.45, 7) is 0. The SMILES string of the molecule is Nc1ccc2c(c1)CCCS2=O. The molecule has 1 aliphatic heterocycles. The first kappa shape index (κ1) is 7.80. The molecule has 0 saturated carbocycles. The van der Waals surface area contributed by atoms with Crippen LogP contribution in [0, 0.1) is 0 Å². The highest BCUT2D eigenvalue weighted by atomic mass is 32.2. The maximum absolute atomic E-state index is 11.5. The van der Waals surface area contributed by atoms with Crippen LogP contribution in [0.2, 0.25) is 0 Å². The Morgan fingerprint density at radius 1 is 1.42 bits per heavy atom. The summed E-state index contributed by atoms with van der Waals surface area (Å²) in [6.07, 6.45) is 2.04. The summed E-state index contributed by atoms with van der Waals surface area (Å²) in [6, 6.07) is 5.65. The Labute approximate surface area is 74.2 Å². The largest absolute Gasteiger partial charge is 0.399 e. The third kappa shape index (κ3) is 1.25. The van der Waals surface area contributed by atoms with Crippen LogP contribution in [0.15, 0.2) is 23.1 Å². The van der Waals surface area contributed by atoms with Gasteiger partial charge in [0.15, 0.2) is 0 Å². The molecule has 0 aliphatic carbocycles. The van der Waals surface area contributed by atoms with Crippen LogP contribution >= 0.6 is 0 Å². The molecule has 0 saturated heterocycles. The molecular weight excluding hydrogens is 170 g/mol. The molecule has 12 heavy (non-hydrogen) atoms. The highest BCUT2D eigenvalue weighted by molar-refractivity contribution is 7.85. The van der Waals surface area contributed by atoms with E-state index in [9.17, 15) is 4.21 Å². The lowest BCUT2D eigenvalue weighted by molar-refractivity contribution is 0.674. The van der Waals surface area contributed by atoms with Crippen molar-refractivity contribution in [3.8, 4) is 0 Å². The summed E-state index contributed by atoms with van der Waals surface area (Å²) in [5.41, 5.74) is 7.57. The summed E-state index contributed by atoms with van der Waals surface area (Å²) < 4.78 is 11.5. The minimum Gasteiger partial charge on any atom is -0.399 e. The van der Waals surface area contributed by atoms with E-state index in [1.165, 1.54) is 5.56 Å². The lowest BCUT2D eigenvalue weighted by Crippen LogP contribution is -2.10. The smallest absolute Gasteiger partial charge is 0.0532 e. The molecule has 1 heterocycles. The van der Waals surface area contributed by atoms with Crippen molar-refractivity contribution in [2.24, 2.45) is 0 Å². The van der Waals surface area contributed by atoms with Crippen LogP contribution in [0.25, 0.3) is 0 Å². The van der Waals surface area contributed by atoms with Crippen LogP contribution in [0.4, 0.5) is 5.69 Å². The molecule has 3 heteroatoms. The molecule has 2 rings (SSSR count). The Balaban J connectivity index is 2.53. The van der Waals surface area contributed by atoms with Crippen LogP contribution in [0.5, 0.6) is 0 Å². The standard InChI is InChI=1S/C9H11NOS/c10-8-3-4-9-7(6-8)2-1-5-12(9)11/h3-4,6H,1-2,5,10H2. The zero-order chi connectivity index (χ0) is 8.55. The zero-order valence-electron chi connectivity index (χ0n) is 6.75. The molecule has 0 amide bonds. The van der Waals surface area contributed by atoms with E-state index >= 15 is 0 Å². The number of hydrogen-bond acceptors (Lipinski definition) is 2. The van der Waals surface area contributed by atoms with Gasteiger partial charge in [-0.1, -0.05) is 0 Å². The molecular formula is C9H11NOS. The molecule has 0 spiro atoms. The fourth-order valence-corrected chi connectivity index (χ4v) is 2.82. The first-order valence-corrected chi connectivity index (χ1v) is 5.36. The predicted molar refractivity (Wildman–Crippen MR) is 50.5 cm³/mol. The molecule has 2 N–H and O–H groups in total. The lowest BCUT2D eigenvalue weighted by atomic mass is 10.1. The van der Waals surface area contributed by atoms with Gasteiger partial charge in [-0.15, -0.1) is 0 Å². The van der Waals surface area contributed by atoms with Crippen LogP contribution in [-0.2, 0) is 17.2 Å². The summed E-state index contributed by atoms with van der Waals surface area (Å²) >= 11 is 0. The van der Waals surface area contributed by atoms with Gasteiger partial charge in [0, 0.05) is 16.3 Å². The third-order valence-corrected chi connectivity index (χ3v) is 3.65. The van der Waals surface area contributed by atoms with Crippen LogP contribution in [-0.4, -0.2) is 9.96 Å². The van der Waals surface area contributed by atoms with Crippen molar-refractivity contribution in [1.29, 1.82) is 0 Å². The van der Waals surface area contributed by atoms with E-state index in [1.54, 1.807) is 0 Å². The second kappa shape index (κ2) is 2.90. The highest BCUT2D eigenvalue weighted by Crippen LogP contribution is 2.23. The monoisotopic (exact) mass is 181 g/mol. The van der Waals surface area contributed by atoms with Crippen molar-refractivity contribution in [1.82, 2.24) is 0 Å². The maximum Gasteiger partial charge on any atom is 0.0532 e. The molecule has 1 atom stereocenters. The molecule has 1 aromatic carbocycles. The Hall–Kier alpha value is -0.830. The zero-order valence-corrected chi connectivity index (χ0v) is 7.56. The van der Waals surface area contributed by atoms with E-state index in [2.05, 4.69) is 0 Å². The fraction of sp³-hybridized carbons (Fsp3) is 0.333. The average molecular weight is 181 g/mol. The number of hydrogen-bond donors (Lipinski definition) is 1. The quantitative estimate of drug-likeness (QED) is 0.613. The van der Waals surface area contributed by atoms with Crippen molar-refractivity contribution in [3.05, 3.63) is 23.8 Å². The minimum atomic E-state index is -0.779. The average Bonchev–Trinajstić information content (AvgIpc) is 2.04. The molecule has 1 aliphatic rings. The predicted octanol–water partition coefficient (Wildman–Crippen LogP) is 1.32. The third-order valence-electron chi connectivity index (χ3n) is 2.11. The number of rotatable bonds is 0. The fourth-order valence-electron chi connectivity index (χ4n) is 1.52. The van der Waals surface area contributed by atoms with Gasteiger partial charge in [-0.05, 0) is 36.6 Å². The van der Waals surface area contributed by atoms with Gasteiger partial charge in [0.05, 0.1) is 10.8 Å². The topological polar surface area (TPSA) is 43.1 Å². The molecule has 1 unspecified atom stereocenters. The molecule has 0 fully saturated rings. The highest BCUT2D eigenvalue weighted by Gasteiger charge is 2.14. The molecule has 0 radical (unpaired) electrons. The van der Waals surface area contributed by atoms with E-state index in [1.807, 2.05) is 18.2 Å². The second-order valence-corrected chi connectivity index (χ2v) is 4.56. The minimum absolute atomic E-state index is 0.771. The first-order valence-electron chi connectivity index (χ1n) is 4.04. The molecule has 64 valence electrons. The number of nitrogens with two attached hydrogens (primary N) is 1. The van der Waals surface area contributed by atoms with Gasteiger partial charge in [0.1, 0.15) is 0 Å². The van der Waals surface area contributed by atoms with Crippen molar-refractivity contribution in [3.63, 3.8) is 0 Å². The Morgan fingerprint density at radius 2 is 2.25 bits per heavy atom. The van der Waals surface area contributed by atoms with Gasteiger partial charge in [0.2, 0.25) is 0 Å². The Morgan fingerprint density at radius 3 is 3.08 bits per heavy atom. The number of anilines is 1. The molecule has 0 bridgehead atoms. The molecule has 1 aromatic rings. The van der Waals surface area contributed by atoms with Gasteiger partial charge < -0.3 is 5.73 Å². The summed E-state index contributed by atoms with van der Waals surface area (Å²) in [4.78, 5) is 0.982. The van der Waals surface area contributed by atoms with Crippen LogP contribution < -0.4 is 5.73 Å². The van der Waals surface area contributed by atoms with Crippen molar-refractivity contribution in [2.45, 2.75) is 17.7 Å². The summed E-state index contributed by atoms with van der Waals surface area (Å²) in [5, 5.41) is 0. The van der Waals surface area contributed by atoms with Gasteiger partial charge in [-0.2, -0.15) is 0 Å². The van der Waals surface area contributed by atoms with Crippen LogP contribution in [0.1, 0.15) is 12.0 Å². The number of fused-ring (bicyclic) bond motifs is 1. The number of aryl methyl sites for hydroxylation is 1. The second-order valence-electron chi connectivity index (χ2n) is 3.02. The lowest BCUT2D eigenvalue weighted by Gasteiger charge is -2.14.